The number of nitrogens with zero attached hydrogens (tertiary/aromatic N) is 1. The van der Waals surface area contributed by atoms with Gasteiger partial charge < -0.3 is 10.1 Å². The van der Waals surface area contributed by atoms with Gasteiger partial charge in [0, 0.05) is 24.1 Å². The van der Waals surface area contributed by atoms with E-state index in [1.807, 2.05) is 0 Å². The zero-order valence-corrected chi connectivity index (χ0v) is 13.9. The van der Waals surface area contributed by atoms with Crippen LogP contribution in [0.1, 0.15) is 10.4 Å². The maximum Gasteiger partial charge on any atom is 0.339 e. The maximum absolute atomic E-state index is 12.0. The van der Waals surface area contributed by atoms with Crippen LogP contribution in [0.5, 0.6) is 0 Å². The Labute approximate surface area is 145 Å². The highest BCUT2D eigenvalue weighted by atomic mass is 32.2. The fourth-order valence-electron chi connectivity index (χ4n) is 1.99. The molecule has 0 aliphatic carbocycles. The minimum absolute atomic E-state index is 0.117. The zero-order chi connectivity index (χ0) is 18.4. The first kappa shape index (κ1) is 18.3. The largest absolute Gasteiger partial charge is 0.452 e. The molecule has 8 nitrogen and oxygen atoms in total. The van der Waals surface area contributed by atoms with Gasteiger partial charge in [-0.25, -0.2) is 4.79 Å². The number of anilines is 1. The Morgan fingerprint density at radius 2 is 1.92 bits per heavy atom. The van der Waals surface area contributed by atoms with Crippen molar-refractivity contribution in [3.63, 3.8) is 0 Å². The van der Waals surface area contributed by atoms with Crippen molar-refractivity contribution >= 4 is 34.1 Å². The average Bonchev–Trinajstić information content (AvgIpc) is 2.59. The summed E-state index contributed by atoms with van der Waals surface area (Å²) in [5, 5.41) is 13.1. The summed E-state index contributed by atoms with van der Waals surface area (Å²) in [7, 11) is -1.38. The Hall–Kier alpha value is -3.07. The maximum atomic E-state index is 12.0. The molecule has 2 aromatic carbocycles. The number of hydrogen-bond acceptors (Lipinski definition) is 6. The summed E-state index contributed by atoms with van der Waals surface area (Å²) < 4.78 is 16.5. The molecule has 25 heavy (non-hydrogen) atoms. The van der Waals surface area contributed by atoms with E-state index in [4.69, 9.17) is 4.74 Å². The van der Waals surface area contributed by atoms with E-state index < -0.39 is 34.2 Å². The molecule has 0 spiro atoms. The molecule has 0 bridgehead atoms. The van der Waals surface area contributed by atoms with Crippen molar-refractivity contribution in [3.05, 3.63) is 64.2 Å². The monoisotopic (exact) mass is 362 g/mol. The molecule has 0 heterocycles. The number of benzene rings is 2. The van der Waals surface area contributed by atoms with E-state index >= 15 is 0 Å². The van der Waals surface area contributed by atoms with Gasteiger partial charge in [-0.3, -0.25) is 19.1 Å². The first-order valence-corrected chi connectivity index (χ1v) is 8.58. The van der Waals surface area contributed by atoms with Crippen LogP contribution in [-0.4, -0.2) is 33.9 Å². The lowest BCUT2D eigenvalue weighted by molar-refractivity contribution is -0.384. The van der Waals surface area contributed by atoms with Gasteiger partial charge >= 0.3 is 5.97 Å². The third-order valence-electron chi connectivity index (χ3n) is 3.09. The van der Waals surface area contributed by atoms with E-state index in [9.17, 15) is 23.9 Å². The lowest BCUT2D eigenvalue weighted by atomic mass is 10.2. The molecule has 0 saturated heterocycles. The highest BCUT2D eigenvalue weighted by Crippen LogP contribution is 2.17. The van der Waals surface area contributed by atoms with Gasteiger partial charge in [-0.15, -0.1) is 0 Å². The lowest BCUT2D eigenvalue weighted by Gasteiger charge is -2.08. The molecular formula is C16H14N2O6S. The minimum Gasteiger partial charge on any atom is -0.452 e. The van der Waals surface area contributed by atoms with Crippen LogP contribution in [0.4, 0.5) is 11.4 Å². The van der Waals surface area contributed by atoms with E-state index in [-0.39, 0.29) is 16.9 Å². The van der Waals surface area contributed by atoms with E-state index in [0.717, 1.165) is 0 Å². The van der Waals surface area contributed by atoms with Crippen LogP contribution < -0.4 is 5.32 Å². The first-order valence-electron chi connectivity index (χ1n) is 7.02. The average molecular weight is 362 g/mol. The summed E-state index contributed by atoms with van der Waals surface area (Å²) in [4.78, 5) is 34.3. The minimum atomic E-state index is -1.38. The number of nitro groups is 1. The van der Waals surface area contributed by atoms with Gasteiger partial charge in [-0.05, 0) is 18.2 Å². The Kier molecular flexibility index (Phi) is 5.96. The molecule has 0 radical (unpaired) electrons. The number of amides is 1. The fraction of sp³-hybridized carbons (Fsp3) is 0.125. The van der Waals surface area contributed by atoms with Gasteiger partial charge in [0.05, 0.1) is 26.2 Å². The van der Waals surface area contributed by atoms with Crippen LogP contribution in [-0.2, 0) is 20.3 Å². The van der Waals surface area contributed by atoms with Crippen molar-refractivity contribution in [2.24, 2.45) is 0 Å². The van der Waals surface area contributed by atoms with Crippen LogP contribution in [0.2, 0.25) is 0 Å². The van der Waals surface area contributed by atoms with Gasteiger partial charge in [0.2, 0.25) is 0 Å². The Balaban J connectivity index is 1.98. The standard InChI is InChI=1S/C16H14N2O6S/c1-25(23)14-8-3-2-7-13(14)16(20)24-10-15(19)17-11-5-4-6-12(9-11)18(21)22/h2-9H,10H2,1H3,(H,17,19)/t25-/m1/s1. The predicted molar refractivity (Wildman–Crippen MR) is 90.8 cm³/mol. The van der Waals surface area contributed by atoms with Crippen LogP contribution in [0, 0.1) is 10.1 Å². The number of carbonyl (C=O) groups is 2. The van der Waals surface area contributed by atoms with Crippen molar-refractivity contribution in [3.8, 4) is 0 Å². The first-order chi connectivity index (χ1) is 11.9. The van der Waals surface area contributed by atoms with Gasteiger partial charge in [0.25, 0.3) is 11.6 Å². The molecule has 9 heteroatoms. The number of nitrogens with one attached hydrogen (secondary N) is 1. The Morgan fingerprint density at radius 1 is 1.20 bits per heavy atom. The second kappa shape index (κ2) is 8.15. The molecule has 0 aromatic heterocycles. The quantitative estimate of drug-likeness (QED) is 0.478. The molecule has 0 aliphatic heterocycles. The number of hydrogen-bond donors (Lipinski definition) is 1. The van der Waals surface area contributed by atoms with E-state index in [0.29, 0.717) is 4.90 Å². The Bertz CT molecular complexity index is 852. The van der Waals surface area contributed by atoms with E-state index in [2.05, 4.69) is 5.32 Å². The van der Waals surface area contributed by atoms with Crippen LogP contribution in [0.25, 0.3) is 0 Å². The molecule has 1 amide bonds. The summed E-state index contributed by atoms with van der Waals surface area (Å²) in [6, 6.07) is 11.6. The number of carbonyl (C=O) groups excluding carboxylic acids is 2. The summed E-state index contributed by atoms with van der Waals surface area (Å²) in [5.74, 6) is -1.43. The third kappa shape index (κ3) is 4.95. The summed E-state index contributed by atoms with van der Waals surface area (Å²) in [6.07, 6.45) is 1.43. The second-order valence-corrected chi connectivity index (χ2v) is 6.23. The molecule has 1 N–H and O–H groups in total. The van der Waals surface area contributed by atoms with Gasteiger partial charge in [-0.1, -0.05) is 18.2 Å². The highest BCUT2D eigenvalue weighted by molar-refractivity contribution is 7.84. The summed E-state index contributed by atoms with van der Waals surface area (Å²) in [6.45, 7) is -0.577. The molecule has 0 unspecified atom stereocenters. The van der Waals surface area contributed by atoms with Crippen molar-refractivity contribution < 1.29 is 23.5 Å². The SMILES string of the molecule is C[S@@](=O)c1ccccc1C(=O)OCC(=O)Nc1cccc([N+](=O)[O-])c1. The molecule has 2 aromatic rings. The van der Waals surface area contributed by atoms with E-state index in [1.54, 1.807) is 12.1 Å². The number of esters is 1. The topological polar surface area (TPSA) is 116 Å². The second-order valence-electron chi connectivity index (χ2n) is 4.88. The van der Waals surface area contributed by atoms with Crippen molar-refractivity contribution in [1.82, 2.24) is 0 Å². The number of rotatable bonds is 6. The molecule has 0 aliphatic rings. The van der Waals surface area contributed by atoms with Gasteiger partial charge in [0.15, 0.2) is 6.61 Å². The number of nitro benzene ring substituents is 1. The number of non-ortho nitro benzene ring substituents is 1. The Morgan fingerprint density at radius 3 is 2.60 bits per heavy atom. The summed E-state index contributed by atoms with van der Waals surface area (Å²) in [5.41, 5.74) is 0.158. The zero-order valence-electron chi connectivity index (χ0n) is 13.1. The van der Waals surface area contributed by atoms with Crippen molar-refractivity contribution in [2.45, 2.75) is 4.90 Å². The number of ether oxygens (including phenoxy) is 1. The molecule has 0 fully saturated rings. The van der Waals surface area contributed by atoms with Crippen LogP contribution in [0.3, 0.4) is 0 Å². The molecular weight excluding hydrogens is 348 g/mol. The molecule has 2 rings (SSSR count). The molecule has 1 atom stereocenters. The van der Waals surface area contributed by atoms with Gasteiger partial charge in [-0.2, -0.15) is 0 Å². The van der Waals surface area contributed by atoms with Crippen LogP contribution in [0.15, 0.2) is 53.4 Å². The van der Waals surface area contributed by atoms with Crippen LogP contribution >= 0.6 is 0 Å². The van der Waals surface area contributed by atoms with E-state index in [1.165, 1.54) is 42.7 Å². The van der Waals surface area contributed by atoms with Crippen molar-refractivity contribution in [2.75, 3.05) is 18.2 Å². The third-order valence-corrected chi connectivity index (χ3v) is 4.07. The highest BCUT2D eigenvalue weighted by Gasteiger charge is 2.16. The molecule has 130 valence electrons. The lowest BCUT2D eigenvalue weighted by Crippen LogP contribution is -2.21. The van der Waals surface area contributed by atoms with Gasteiger partial charge in [0.1, 0.15) is 0 Å². The fourth-order valence-corrected chi connectivity index (χ4v) is 2.72. The van der Waals surface area contributed by atoms with Crippen molar-refractivity contribution in [1.29, 1.82) is 0 Å². The smallest absolute Gasteiger partial charge is 0.339 e. The molecule has 0 saturated carbocycles. The normalized spacial score (nSPS) is 11.4. The predicted octanol–water partition coefficient (Wildman–Crippen LogP) is 2.13. The summed E-state index contributed by atoms with van der Waals surface area (Å²) >= 11 is 0.